The van der Waals surface area contributed by atoms with Crippen LogP contribution in [0, 0.1) is 0 Å². The molecule has 3 rings (SSSR count). The molecule has 0 radical (unpaired) electrons. The van der Waals surface area contributed by atoms with Crippen molar-refractivity contribution in [2.24, 2.45) is 0 Å². The summed E-state index contributed by atoms with van der Waals surface area (Å²) < 4.78 is 5.61. The molecule has 1 saturated carbocycles. The summed E-state index contributed by atoms with van der Waals surface area (Å²) in [6.45, 7) is 2.43. The van der Waals surface area contributed by atoms with Crippen molar-refractivity contribution < 1.29 is 9.53 Å². The van der Waals surface area contributed by atoms with E-state index in [1.807, 2.05) is 30.3 Å². The molecule has 1 aromatic rings. The van der Waals surface area contributed by atoms with E-state index in [1.165, 1.54) is 32.4 Å². The standard InChI is InChI=1S/C17H24N2O2/c20-17(18-14-7-2-1-3-8-14)21-16-10-6-9-15(13-16)19-11-4-5-12-19/h1-3,7-8,15-16H,4-6,9-13H2,(H,18,20). The Bertz CT molecular complexity index is 457. The number of hydrogen-bond donors (Lipinski definition) is 1. The smallest absolute Gasteiger partial charge is 0.411 e. The van der Waals surface area contributed by atoms with E-state index in [0.717, 1.165) is 24.9 Å². The molecule has 1 saturated heterocycles. The number of carbonyl (C=O) groups excluding carboxylic acids is 1. The summed E-state index contributed by atoms with van der Waals surface area (Å²) >= 11 is 0. The van der Waals surface area contributed by atoms with Gasteiger partial charge in [-0.05, 0) is 57.3 Å². The molecule has 114 valence electrons. The zero-order valence-electron chi connectivity index (χ0n) is 12.5. The normalized spacial score (nSPS) is 26.5. The Balaban J connectivity index is 1.48. The number of rotatable bonds is 3. The minimum atomic E-state index is -0.326. The molecule has 1 aliphatic heterocycles. The van der Waals surface area contributed by atoms with Gasteiger partial charge in [-0.3, -0.25) is 5.32 Å². The van der Waals surface area contributed by atoms with Crippen molar-refractivity contribution in [1.82, 2.24) is 4.90 Å². The molecule has 4 heteroatoms. The van der Waals surface area contributed by atoms with E-state index in [2.05, 4.69) is 10.2 Å². The second-order valence-electron chi connectivity index (χ2n) is 6.08. The molecule has 4 nitrogen and oxygen atoms in total. The molecule has 2 aliphatic rings. The van der Waals surface area contributed by atoms with Crippen LogP contribution in [0.3, 0.4) is 0 Å². The number of para-hydroxylation sites is 1. The zero-order valence-corrected chi connectivity index (χ0v) is 12.5. The Hall–Kier alpha value is -1.55. The van der Waals surface area contributed by atoms with Crippen molar-refractivity contribution in [3.63, 3.8) is 0 Å². The lowest BCUT2D eigenvalue weighted by Crippen LogP contribution is -2.40. The Morgan fingerprint density at radius 3 is 2.62 bits per heavy atom. The van der Waals surface area contributed by atoms with Gasteiger partial charge < -0.3 is 9.64 Å². The van der Waals surface area contributed by atoms with Crippen LogP contribution in [0.4, 0.5) is 10.5 Å². The van der Waals surface area contributed by atoms with Crippen LogP contribution in [0.5, 0.6) is 0 Å². The number of hydrogen-bond acceptors (Lipinski definition) is 3. The fourth-order valence-corrected chi connectivity index (χ4v) is 3.49. The highest BCUT2D eigenvalue weighted by atomic mass is 16.6. The van der Waals surface area contributed by atoms with Crippen LogP contribution in [0.15, 0.2) is 30.3 Å². The van der Waals surface area contributed by atoms with Gasteiger partial charge in [0.1, 0.15) is 6.10 Å². The first-order valence-corrected chi connectivity index (χ1v) is 8.08. The van der Waals surface area contributed by atoms with Crippen LogP contribution in [-0.4, -0.2) is 36.2 Å². The molecule has 1 aromatic carbocycles. The van der Waals surface area contributed by atoms with Crippen LogP contribution in [0.25, 0.3) is 0 Å². The fourth-order valence-electron chi connectivity index (χ4n) is 3.49. The molecular weight excluding hydrogens is 264 g/mol. The number of carbonyl (C=O) groups is 1. The largest absolute Gasteiger partial charge is 0.446 e. The number of ether oxygens (including phenoxy) is 1. The summed E-state index contributed by atoms with van der Waals surface area (Å²) in [5.74, 6) is 0. The van der Waals surface area contributed by atoms with Crippen molar-refractivity contribution >= 4 is 11.8 Å². The minimum Gasteiger partial charge on any atom is -0.446 e. The molecule has 1 amide bonds. The molecule has 1 N–H and O–H groups in total. The van der Waals surface area contributed by atoms with E-state index in [9.17, 15) is 4.79 Å². The van der Waals surface area contributed by atoms with Gasteiger partial charge in [0.15, 0.2) is 0 Å². The molecule has 2 fully saturated rings. The summed E-state index contributed by atoms with van der Waals surface area (Å²) in [4.78, 5) is 14.5. The molecule has 0 spiro atoms. The number of amides is 1. The third-order valence-corrected chi connectivity index (χ3v) is 4.55. The lowest BCUT2D eigenvalue weighted by Gasteiger charge is -2.34. The van der Waals surface area contributed by atoms with Crippen LogP contribution in [0.1, 0.15) is 38.5 Å². The van der Waals surface area contributed by atoms with Crippen LogP contribution >= 0.6 is 0 Å². The van der Waals surface area contributed by atoms with Gasteiger partial charge in [0, 0.05) is 18.2 Å². The van der Waals surface area contributed by atoms with Crippen LogP contribution in [-0.2, 0) is 4.74 Å². The summed E-state index contributed by atoms with van der Waals surface area (Å²) in [6, 6.07) is 10.1. The SMILES string of the molecule is O=C(Nc1ccccc1)OC1CCCC(N2CCCC2)C1. The lowest BCUT2D eigenvalue weighted by atomic mass is 9.92. The highest BCUT2D eigenvalue weighted by Crippen LogP contribution is 2.27. The van der Waals surface area contributed by atoms with Crippen molar-refractivity contribution in [3.05, 3.63) is 30.3 Å². The zero-order chi connectivity index (χ0) is 14.5. The van der Waals surface area contributed by atoms with E-state index < -0.39 is 0 Å². The third-order valence-electron chi connectivity index (χ3n) is 4.55. The number of nitrogens with zero attached hydrogens (tertiary/aromatic N) is 1. The first kappa shape index (κ1) is 14.4. The number of benzene rings is 1. The number of nitrogens with one attached hydrogen (secondary N) is 1. The van der Waals surface area contributed by atoms with Crippen molar-refractivity contribution in [3.8, 4) is 0 Å². The molecule has 0 aromatic heterocycles. The molecule has 1 heterocycles. The summed E-state index contributed by atoms with van der Waals surface area (Å²) in [5.41, 5.74) is 0.786. The second kappa shape index (κ2) is 6.94. The highest BCUT2D eigenvalue weighted by Gasteiger charge is 2.30. The molecule has 0 bridgehead atoms. The molecular formula is C17H24N2O2. The van der Waals surface area contributed by atoms with Crippen molar-refractivity contribution in [2.75, 3.05) is 18.4 Å². The van der Waals surface area contributed by atoms with Gasteiger partial charge in [0.05, 0.1) is 0 Å². The Morgan fingerprint density at radius 1 is 1.10 bits per heavy atom. The van der Waals surface area contributed by atoms with Gasteiger partial charge in [-0.15, -0.1) is 0 Å². The highest BCUT2D eigenvalue weighted by molar-refractivity contribution is 5.84. The number of anilines is 1. The average molecular weight is 288 g/mol. The fraction of sp³-hybridized carbons (Fsp3) is 0.588. The summed E-state index contributed by atoms with van der Waals surface area (Å²) in [7, 11) is 0. The van der Waals surface area contributed by atoms with Crippen LogP contribution in [0.2, 0.25) is 0 Å². The van der Waals surface area contributed by atoms with Crippen molar-refractivity contribution in [1.29, 1.82) is 0 Å². The van der Waals surface area contributed by atoms with E-state index in [4.69, 9.17) is 4.74 Å². The van der Waals surface area contributed by atoms with Gasteiger partial charge >= 0.3 is 6.09 Å². The van der Waals surface area contributed by atoms with E-state index >= 15 is 0 Å². The Kier molecular flexibility index (Phi) is 4.76. The van der Waals surface area contributed by atoms with Gasteiger partial charge in [-0.1, -0.05) is 18.2 Å². The topological polar surface area (TPSA) is 41.6 Å². The maximum Gasteiger partial charge on any atom is 0.411 e. The van der Waals surface area contributed by atoms with Gasteiger partial charge in [-0.2, -0.15) is 0 Å². The second-order valence-corrected chi connectivity index (χ2v) is 6.08. The lowest BCUT2D eigenvalue weighted by molar-refractivity contribution is 0.0520. The van der Waals surface area contributed by atoms with Crippen LogP contribution < -0.4 is 5.32 Å². The quantitative estimate of drug-likeness (QED) is 0.923. The summed E-state index contributed by atoms with van der Waals surface area (Å²) in [6.07, 6.45) is 6.76. The monoisotopic (exact) mass is 288 g/mol. The minimum absolute atomic E-state index is 0.0630. The van der Waals surface area contributed by atoms with Crippen molar-refractivity contribution in [2.45, 2.75) is 50.7 Å². The van der Waals surface area contributed by atoms with Gasteiger partial charge in [0.25, 0.3) is 0 Å². The van der Waals surface area contributed by atoms with E-state index in [0.29, 0.717) is 6.04 Å². The van der Waals surface area contributed by atoms with Gasteiger partial charge in [0.2, 0.25) is 0 Å². The maximum atomic E-state index is 12.0. The van der Waals surface area contributed by atoms with Gasteiger partial charge in [-0.25, -0.2) is 4.79 Å². The predicted octanol–water partition coefficient (Wildman–Crippen LogP) is 3.64. The molecule has 2 unspecified atom stereocenters. The first-order chi connectivity index (χ1) is 10.3. The van der Waals surface area contributed by atoms with E-state index in [1.54, 1.807) is 0 Å². The van der Waals surface area contributed by atoms with E-state index in [-0.39, 0.29) is 12.2 Å². The maximum absolute atomic E-state index is 12.0. The average Bonchev–Trinajstić information content (AvgIpc) is 3.02. The number of likely N-dealkylation sites (tertiary alicyclic amines) is 1. The Morgan fingerprint density at radius 2 is 1.86 bits per heavy atom. The predicted molar refractivity (Wildman–Crippen MR) is 83.4 cm³/mol. The molecule has 1 aliphatic carbocycles. The molecule has 21 heavy (non-hydrogen) atoms. The first-order valence-electron chi connectivity index (χ1n) is 8.08. The summed E-state index contributed by atoms with van der Waals surface area (Å²) in [5, 5.41) is 2.80. The third kappa shape index (κ3) is 3.97. The molecule has 2 atom stereocenters. The Labute approximate surface area is 126 Å².